The minimum Gasteiger partial charge on any atom is -0.480 e. The van der Waals surface area contributed by atoms with Gasteiger partial charge in [-0.15, -0.1) is 0 Å². The number of primary amides is 2. The summed E-state index contributed by atoms with van der Waals surface area (Å²) in [6.45, 7) is -0.649. The topological polar surface area (TPSA) is 265 Å². The van der Waals surface area contributed by atoms with E-state index in [4.69, 9.17) is 17.2 Å². The fourth-order valence-corrected chi connectivity index (χ4v) is 2.35. The molecule has 0 spiro atoms. The maximum Gasteiger partial charge on any atom is 0.326 e. The number of nitrogens with one attached hydrogen (secondary N) is 4. The molecular formula is C16H24N8O7. The van der Waals surface area contributed by atoms with Crippen LogP contribution in [0.4, 0.5) is 0 Å². The number of aliphatic carboxylic acids is 1. The average molecular weight is 440 g/mol. The standard InChI is InChI=1S/C16H24N8O7/c17-8(2-11(18)25)14(28)24-9(3-12(19)26)15(29)21-5-13(27)23-10(16(30)31)1-7-4-20-6-22-7/h4,6,8-10H,1-3,5,17H2,(H2,18,25)(H2,19,26)(H,20,22)(H,21,29)(H,23,27)(H,24,28)(H,30,31)/t8-,9-,10-/m0/s1. The number of hydrogen-bond acceptors (Lipinski definition) is 8. The lowest BCUT2D eigenvalue weighted by atomic mass is 10.1. The summed E-state index contributed by atoms with van der Waals surface area (Å²) in [5.41, 5.74) is 15.9. The zero-order chi connectivity index (χ0) is 23.6. The average Bonchev–Trinajstić information content (AvgIpc) is 3.17. The summed E-state index contributed by atoms with van der Waals surface area (Å²) in [5, 5.41) is 15.7. The summed E-state index contributed by atoms with van der Waals surface area (Å²) < 4.78 is 0. The van der Waals surface area contributed by atoms with Gasteiger partial charge in [0.1, 0.15) is 12.1 Å². The molecule has 15 nitrogen and oxygen atoms in total. The number of imidazole rings is 1. The molecule has 31 heavy (non-hydrogen) atoms. The maximum absolute atomic E-state index is 12.3. The van der Waals surface area contributed by atoms with Gasteiger partial charge >= 0.3 is 5.97 Å². The number of carbonyl (C=O) groups excluding carboxylic acids is 5. The number of H-pyrrole nitrogens is 1. The van der Waals surface area contributed by atoms with Gasteiger partial charge in [0, 0.05) is 18.3 Å². The third kappa shape index (κ3) is 9.35. The van der Waals surface area contributed by atoms with Gasteiger partial charge in [0.25, 0.3) is 0 Å². The van der Waals surface area contributed by atoms with Crippen molar-refractivity contribution in [1.29, 1.82) is 0 Å². The molecule has 5 amide bonds. The quantitative estimate of drug-likeness (QED) is 0.146. The number of carboxylic acid groups (broad SMARTS) is 1. The van der Waals surface area contributed by atoms with Gasteiger partial charge in [-0.3, -0.25) is 24.0 Å². The molecule has 15 heteroatoms. The van der Waals surface area contributed by atoms with Crippen LogP contribution < -0.4 is 33.2 Å². The Morgan fingerprint density at radius 2 is 1.65 bits per heavy atom. The lowest BCUT2D eigenvalue weighted by molar-refractivity contribution is -0.141. The second-order valence-corrected chi connectivity index (χ2v) is 6.47. The van der Waals surface area contributed by atoms with E-state index in [1.54, 1.807) is 0 Å². The number of amides is 5. The molecule has 0 aliphatic heterocycles. The van der Waals surface area contributed by atoms with E-state index in [0.29, 0.717) is 5.69 Å². The Morgan fingerprint density at radius 1 is 1.00 bits per heavy atom. The van der Waals surface area contributed by atoms with Gasteiger partial charge < -0.3 is 43.2 Å². The van der Waals surface area contributed by atoms with Crippen LogP contribution in [0.5, 0.6) is 0 Å². The lowest BCUT2D eigenvalue weighted by Crippen LogP contribution is -2.55. The van der Waals surface area contributed by atoms with E-state index in [-0.39, 0.29) is 6.42 Å². The molecule has 11 N–H and O–H groups in total. The zero-order valence-electron chi connectivity index (χ0n) is 16.3. The van der Waals surface area contributed by atoms with Crippen LogP contribution in [0.25, 0.3) is 0 Å². The summed E-state index contributed by atoms with van der Waals surface area (Å²) in [6.07, 6.45) is 1.56. The Morgan fingerprint density at radius 3 is 2.16 bits per heavy atom. The first kappa shape index (κ1) is 25.0. The zero-order valence-corrected chi connectivity index (χ0v) is 16.3. The van der Waals surface area contributed by atoms with Gasteiger partial charge in [0.2, 0.25) is 29.5 Å². The Balaban J connectivity index is 2.65. The minimum atomic E-state index is -1.48. The van der Waals surface area contributed by atoms with Crippen LogP contribution in [0.15, 0.2) is 12.5 Å². The third-order valence-electron chi connectivity index (χ3n) is 3.83. The van der Waals surface area contributed by atoms with Crippen LogP contribution in [-0.2, 0) is 35.2 Å². The van der Waals surface area contributed by atoms with Crippen molar-refractivity contribution in [2.45, 2.75) is 37.4 Å². The molecule has 0 unspecified atom stereocenters. The van der Waals surface area contributed by atoms with E-state index in [1.165, 1.54) is 12.5 Å². The van der Waals surface area contributed by atoms with Gasteiger partial charge in [-0.25, -0.2) is 9.78 Å². The van der Waals surface area contributed by atoms with Crippen LogP contribution in [0.3, 0.4) is 0 Å². The summed E-state index contributed by atoms with van der Waals surface area (Å²) in [5.74, 6) is -5.81. The molecule has 0 fully saturated rings. The smallest absolute Gasteiger partial charge is 0.326 e. The van der Waals surface area contributed by atoms with Crippen LogP contribution in [-0.4, -0.2) is 75.2 Å². The van der Waals surface area contributed by atoms with E-state index in [1.807, 2.05) is 0 Å². The van der Waals surface area contributed by atoms with Gasteiger partial charge in [0.15, 0.2) is 0 Å². The second kappa shape index (κ2) is 11.9. The maximum atomic E-state index is 12.3. The first-order valence-electron chi connectivity index (χ1n) is 8.89. The van der Waals surface area contributed by atoms with Crippen molar-refractivity contribution in [1.82, 2.24) is 25.9 Å². The van der Waals surface area contributed by atoms with E-state index < -0.39 is 73.0 Å². The van der Waals surface area contributed by atoms with Crippen molar-refractivity contribution >= 4 is 35.5 Å². The monoisotopic (exact) mass is 440 g/mol. The van der Waals surface area contributed by atoms with E-state index >= 15 is 0 Å². The van der Waals surface area contributed by atoms with Crippen LogP contribution in [0, 0.1) is 0 Å². The van der Waals surface area contributed by atoms with E-state index in [9.17, 15) is 33.9 Å². The molecule has 0 saturated heterocycles. The molecule has 0 aliphatic carbocycles. The van der Waals surface area contributed by atoms with Crippen molar-refractivity contribution < 1.29 is 33.9 Å². The number of rotatable bonds is 13. The molecule has 0 bridgehead atoms. The van der Waals surface area contributed by atoms with E-state index in [0.717, 1.165) is 0 Å². The predicted octanol–water partition coefficient (Wildman–Crippen LogP) is -4.80. The highest BCUT2D eigenvalue weighted by Crippen LogP contribution is 1.99. The Kier molecular flexibility index (Phi) is 9.58. The fraction of sp³-hybridized carbons (Fsp3) is 0.438. The summed E-state index contributed by atoms with van der Waals surface area (Å²) in [7, 11) is 0. The molecular weight excluding hydrogens is 416 g/mol. The van der Waals surface area contributed by atoms with Crippen LogP contribution >= 0.6 is 0 Å². The molecule has 1 aromatic rings. The molecule has 1 rings (SSSR count). The van der Waals surface area contributed by atoms with Gasteiger partial charge in [-0.1, -0.05) is 0 Å². The molecule has 0 radical (unpaired) electrons. The van der Waals surface area contributed by atoms with Crippen LogP contribution in [0.2, 0.25) is 0 Å². The molecule has 0 aromatic carbocycles. The molecule has 170 valence electrons. The Hall–Kier alpha value is -4.01. The number of nitrogens with two attached hydrogens (primary N) is 3. The van der Waals surface area contributed by atoms with Crippen molar-refractivity contribution in [3.63, 3.8) is 0 Å². The van der Waals surface area contributed by atoms with Gasteiger partial charge in [-0.05, 0) is 0 Å². The van der Waals surface area contributed by atoms with Gasteiger partial charge in [0.05, 0.1) is 31.8 Å². The molecule has 1 aromatic heterocycles. The highest BCUT2D eigenvalue weighted by molar-refractivity contribution is 5.96. The minimum absolute atomic E-state index is 0.0763. The summed E-state index contributed by atoms with van der Waals surface area (Å²) in [6, 6.07) is -4.13. The van der Waals surface area contributed by atoms with Crippen molar-refractivity contribution in [3.05, 3.63) is 18.2 Å². The molecule has 1 heterocycles. The first-order chi connectivity index (χ1) is 14.5. The summed E-state index contributed by atoms with van der Waals surface area (Å²) >= 11 is 0. The Bertz CT molecular complexity index is 826. The number of aromatic amines is 1. The second-order valence-electron chi connectivity index (χ2n) is 6.47. The normalized spacial score (nSPS) is 13.3. The highest BCUT2D eigenvalue weighted by atomic mass is 16.4. The fourth-order valence-electron chi connectivity index (χ4n) is 2.35. The number of nitrogens with zero attached hydrogens (tertiary/aromatic N) is 1. The van der Waals surface area contributed by atoms with E-state index in [2.05, 4.69) is 25.9 Å². The molecule has 0 saturated carbocycles. The number of hydrogen-bond donors (Lipinski definition) is 8. The van der Waals surface area contributed by atoms with Crippen molar-refractivity contribution in [3.8, 4) is 0 Å². The van der Waals surface area contributed by atoms with Gasteiger partial charge in [-0.2, -0.15) is 0 Å². The third-order valence-corrected chi connectivity index (χ3v) is 3.83. The van der Waals surface area contributed by atoms with Crippen LogP contribution in [0.1, 0.15) is 18.5 Å². The molecule has 3 atom stereocenters. The van der Waals surface area contributed by atoms with Crippen molar-refractivity contribution in [2.24, 2.45) is 17.2 Å². The first-order valence-corrected chi connectivity index (χ1v) is 8.89. The summed E-state index contributed by atoms with van der Waals surface area (Å²) in [4.78, 5) is 76.0. The molecule has 0 aliphatic rings. The number of carbonyl (C=O) groups is 6. The Labute approximate surface area is 175 Å². The SMILES string of the molecule is NC(=O)C[C@H](NC(=O)[C@@H](N)CC(N)=O)C(=O)NCC(=O)N[C@@H](Cc1cnc[nH]1)C(=O)O. The largest absolute Gasteiger partial charge is 0.480 e. The predicted molar refractivity (Wildman–Crippen MR) is 102 cm³/mol. The number of aromatic nitrogens is 2. The lowest BCUT2D eigenvalue weighted by Gasteiger charge is -2.19. The highest BCUT2D eigenvalue weighted by Gasteiger charge is 2.27. The van der Waals surface area contributed by atoms with Crippen molar-refractivity contribution in [2.75, 3.05) is 6.54 Å². The number of carboxylic acids is 1.